The molecule has 0 aliphatic carbocycles. The molecule has 2 radical (unpaired) electrons. The van der Waals surface area contributed by atoms with Gasteiger partial charge in [-0.15, -0.1) is 0 Å². The van der Waals surface area contributed by atoms with Gasteiger partial charge in [-0.1, -0.05) is 17.6 Å². The second kappa shape index (κ2) is 6.11. The van der Waals surface area contributed by atoms with Crippen LogP contribution < -0.4 is 11.2 Å². The number of halogens is 6. The molecule has 1 aromatic heterocycles. The molecule has 23 heavy (non-hydrogen) atoms. The van der Waals surface area contributed by atoms with Crippen molar-refractivity contribution in [3.63, 3.8) is 0 Å². The van der Waals surface area contributed by atoms with E-state index < -0.39 is 24.8 Å². The molecule has 0 atom stereocenters. The van der Waals surface area contributed by atoms with Gasteiger partial charge in [0.1, 0.15) is 7.85 Å². The highest BCUT2D eigenvalue weighted by Gasteiger charge is 2.56. The molecule has 2 N–H and O–H groups in total. The van der Waals surface area contributed by atoms with E-state index in [2.05, 4.69) is 0 Å². The summed E-state index contributed by atoms with van der Waals surface area (Å²) in [5.41, 5.74) is 6.51. The van der Waals surface area contributed by atoms with Crippen LogP contribution in [0, 0.1) is 5.92 Å². The van der Waals surface area contributed by atoms with Crippen molar-refractivity contribution in [3.05, 3.63) is 30.0 Å². The van der Waals surface area contributed by atoms with Gasteiger partial charge in [-0.05, 0) is 24.6 Å². The van der Waals surface area contributed by atoms with Crippen molar-refractivity contribution in [2.45, 2.75) is 25.3 Å². The first-order valence-electron chi connectivity index (χ1n) is 6.74. The Kier molecular flexibility index (Phi) is 4.70. The van der Waals surface area contributed by atoms with Crippen LogP contribution >= 0.6 is 0 Å². The van der Waals surface area contributed by atoms with Gasteiger partial charge in [-0.25, -0.2) is 0 Å². The number of rotatable bonds is 4. The van der Waals surface area contributed by atoms with Crippen LogP contribution in [0.3, 0.4) is 0 Å². The second-order valence-electron chi connectivity index (χ2n) is 5.26. The van der Waals surface area contributed by atoms with Crippen molar-refractivity contribution < 1.29 is 26.3 Å². The molecule has 9 heteroatoms. The lowest BCUT2D eigenvalue weighted by atomic mass is 9.94. The zero-order chi connectivity index (χ0) is 17.4. The van der Waals surface area contributed by atoms with Crippen LogP contribution in [0.2, 0.25) is 0 Å². The molecular formula is C14H13BF6N2. The molecule has 0 amide bonds. The molecule has 0 aliphatic rings. The minimum atomic E-state index is -5.39. The predicted molar refractivity (Wildman–Crippen MR) is 75.7 cm³/mol. The Balaban J connectivity index is 2.52. The molecule has 1 aromatic carbocycles. The maximum absolute atomic E-state index is 12.8. The van der Waals surface area contributed by atoms with Crippen LogP contribution in [0.4, 0.5) is 26.3 Å². The molecule has 1 heterocycles. The van der Waals surface area contributed by atoms with E-state index in [1.165, 1.54) is 18.3 Å². The Morgan fingerprint density at radius 1 is 1.09 bits per heavy atom. The summed E-state index contributed by atoms with van der Waals surface area (Å²) >= 11 is 0. The van der Waals surface area contributed by atoms with Gasteiger partial charge < -0.3 is 10.3 Å². The topological polar surface area (TPSA) is 30.9 Å². The quantitative estimate of drug-likeness (QED) is 0.677. The van der Waals surface area contributed by atoms with Crippen LogP contribution in [0.5, 0.6) is 0 Å². The van der Waals surface area contributed by atoms with E-state index in [4.69, 9.17) is 13.6 Å². The molecule has 124 valence electrons. The van der Waals surface area contributed by atoms with Crippen molar-refractivity contribution in [2.24, 2.45) is 11.7 Å². The summed E-state index contributed by atoms with van der Waals surface area (Å²) < 4.78 is 77.5. The number of nitrogens with zero attached hydrogens (tertiary/aromatic N) is 1. The molecule has 2 rings (SSSR count). The van der Waals surface area contributed by atoms with Crippen LogP contribution in [-0.2, 0) is 13.0 Å². The van der Waals surface area contributed by atoms with Crippen molar-refractivity contribution >= 4 is 24.2 Å². The highest BCUT2D eigenvalue weighted by molar-refractivity contribution is 6.33. The Hall–Kier alpha value is -1.64. The minimum absolute atomic E-state index is 0.228. The third kappa shape index (κ3) is 3.83. The van der Waals surface area contributed by atoms with Crippen LogP contribution in [0.15, 0.2) is 24.4 Å². The third-order valence-electron chi connectivity index (χ3n) is 3.57. The van der Waals surface area contributed by atoms with Gasteiger partial charge in [0.2, 0.25) is 0 Å². The smallest absolute Gasteiger partial charge is 0.346 e. The number of aromatic nitrogens is 1. The SMILES string of the molecule is [B]c1ccc2c(CCN)cn(CC(C(F)(F)F)C(F)(F)F)c2c1. The lowest BCUT2D eigenvalue weighted by Crippen LogP contribution is -2.39. The van der Waals surface area contributed by atoms with E-state index in [1.54, 1.807) is 6.07 Å². The first kappa shape index (κ1) is 17.7. The lowest BCUT2D eigenvalue weighted by molar-refractivity contribution is -0.287. The molecular weight excluding hydrogens is 321 g/mol. The number of hydrogen-bond acceptors (Lipinski definition) is 1. The molecule has 0 aliphatic heterocycles. The van der Waals surface area contributed by atoms with Crippen molar-refractivity contribution in [1.82, 2.24) is 4.57 Å². The van der Waals surface area contributed by atoms with E-state index in [1.807, 2.05) is 0 Å². The lowest BCUT2D eigenvalue weighted by Gasteiger charge is -2.23. The standard InChI is InChI=1S/C14H13BF6N2/c15-9-1-2-10-8(3-4-22)6-23(11(10)5-9)7-12(13(16,17)18)14(19,20)21/h1-2,5-6,12H,3-4,7,22H2. The fraction of sp³-hybridized carbons (Fsp3) is 0.429. The molecule has 0 fully saturated rings. The first-order chi connectivity index (χ1) is 10.5. The van der Waals surface area contributed by atoms with Gasteiger partial charge in [-0.3, -0.25) is 0 Å². The van der Waals surface area contributed by atoms with Gasteiger partial charge in [0.05, 0.1) is 0 Å². The maximum atomic E-state index is 12.8. The molecule has 0 saturated heterocycles. The van der Waals surface area contributed by atoms with Crippen LogP contribution in [-0.4, -0.2) is 31.3 Å². The average Bonchev–Trinajstić information content (AvgIpc) is 2.71. The highest BCUT2D eigenvalue weighted by Crippen LogP contribution is 2.41. The van der Waals surface area contributed by atoms with E-state index in [0.29, 0.717) is 17.4 Å². The van der Waals surface area contributed by atoms with Gasteiger partial charge in [-0.2, -0.15) is 26.3 Å². The third-order valence-corrected chi connectivity index (χ3v) is 3.57. The van der Waals surface area contributed by atoms with Gasteiger partial charge in [0, 0.05) is 23.6 Å². The number of nitrogens with two attached hydrogens (primary N) is 1. The summed E-state index contributed by atoms with van der Waals surface area (Å²) in [5.74, 6) is -3.45. The van der Waals surface area contributed by atoms with Gasteiger partial charge in [0.15, 0.2) is 5.92 Å². The molecule has 0 saturated carbocycles. The van der Waals surface area contributed by atoms with Crippen molar-refractivity contribution in [1.29, 1.82) is 0 Å². The van der Waals surface area contributed by atoms with E-state index in [0.717, 1.165) is 4.57 Å². The Morgan fingerprint density at radius 3 is 2.22 bits per heavy atom. The summed E-state index contributed by atoms with van der Waals surface area (Å²) in [7, 11) is 5.60. The largest absolute Gasteiger partial charge is 0.402 e. The van der Waals surface area contributed by atoms with E-state index >= 15 is 0 Å². The molecule has 2 aromatic rings. The number of alkyl halides is 6. The van der Waals surface area contributed by atoms with Gasteiger partial charge in [0.25, 0.3) is 0 Å². The van der Waals surface area contributed by atoms with Crippen molar-refractivity contribution in [2.75, 3.05) is 6.54 Å². The zero-order valence-electron chi connectivity index (χ0n) is 11.9. The first-order valence-corrected chi connectivity index (χ1v) is 6.74. The minimum Gasteiger partial charge on any atom is -0.346 e. The summed E-state index contributed by atoms with van der Waals surface area (Å²) in [6, 6.07) is 4.47. The fourth-order valence-corrected chi connectivity index (χ4v) is 2.48. The number of benzene rings is 1. The predicted octanol–water partition coefficient (Wildman–Crippen LogP) is 2.68. The molecule has 0 bridgehead atoms. The summed E-state index contributed by atoms with van der Waals surface area (Å²) in [4.78, 5) is 0. The zero-order valence-corrected chi connectivity index (χ0v) is 11.9. The van der Waals surface area contributed by atoms with Crippen LogP contribution in [0.25, 0.3) is 10.9 Å². The van der Waals surface area contributed by atoms with Crippen molar-refractivity contribution in [3.8, 4) is 0 Å². The molecule has 0 unspecified atom stereocenters. The highest BCUT2D eigenvalue weighted by atomic mass is 19.4. The Morgan fingerprint density at radius 2 is 1.70 bits per heavy atom. The average molecular weight is 334 g/mol. The number of hydrogen-bond donors (Lipinski definition) is 1. The van der Waals surface area contributed by atoms with Gasteiger partial charge >= 0.3 is 12.4 Å². The summed E-state index contributed by atoms with van der Waals surface area (Å²) in [6.07, 6.45) is -9.15. The second-order valence-corrected chi connectivity index (χ2v) is 5.26. The Labute approximate surface area is 129 Å². The van der Waals surface area contributed by atoms with E-state index in [-0.39, 0.29) is 17.5 Å². The van der Waals surface area contributed by atoms with E-state index in [9.17, 15) is 26.3 Å². The fourth-order valence-electron chi connectivity index (χ4n) is 2.48. The van der Waals surface area contributed by atoms with Crippen LogP contribution in [0.1, 0.15) is 5.56 Å². The maximum Gasteiger partial charge on any atom is 0.402 e. The molecule has 2 nitrogen and oxygen atoms in total. The summed E-state index contributed by atoms with van der Waals surface area (Å²) in [5, 5.41) is 0.549. The normalized spacial score (nSPS) is 13.2. The Bertz CT molecular complexity index is 675. The monoisotopic (exact) mass is 334 g/mol. The number of fused-ring (bicyclic) bond motifs is 1. The summed E-state index contributed by atoms with van der Waals surface area (Å²) in [6.45, 7) is -1.02. The molecule has 0 spiro atoms.